The molecule has 0 saturated carbocycles. The van der Waals surface area contributed by atoms with Crippen molar-refractivity contribution < 1.29 is 14.0 Å². The van der Waals surface area contributed by atoms with Gasteiger partial charge in [-0.3, -0.25) is 4.79 Å². The van der Waals surface area contributed by atoms with E-state index in [9.17, 15) is 9.59 Å². The van der Waals surface area contributed by atoms with Gasteiger partial charge in [-0.05, 0) is 49.2 Å². The Kier molecular flexibility index (Phi) is 6.52. The molecule has 1 aliphatic rings. The highest BCUT2D eigenvalue weighted by Gasteiger charge is 2.23. The van der Waals surface area contributed by atoms with E-state index in [1.807, 2.05) is 60.7 Å². The first kappa shape index (κ1) is 20.5. The molecule has 0 aliphatic carbocycles. The van der Waals surface area contributed by atoms with Crippen molar-refractivity contribution >= 4 is 23.3 Å². The molecule has 7 nitrogen and oxygen atoms in total. The van der Waals surface area contributed by atoms with Crippen molar-refractivity contribution in [3.05, 3.63) is 84.3 Å². The van der Waals surface area contributed by atoms with Crippen LogP contribution >= 0.6 is 0 Å². The van der Waals surface area contributed by atoms with E-state index in [0.717, 1.165) is 37.3 Å². The zero-order valence-electron chi connectivity index (χ0n) is 17.2. The van der Waals surface area contributed by atoms with Crippen molar-refractivity contribution in [2.75, 3.05) is 23.3 Å². The maximum atomic E-state index is 12.7. The quantitative estimate of drug-likeness (QED) is 0.565. The number of amides is 3. The van der Waals surface area contributed by atoms with Crippen LogP contribution in [0, 0.1) is 0 Å². The van der Waals surface area contributed by atoms with E-state index >= 15 is 0 Å². The number of nitrogens with one attached hydrogen (secondary N) is 3. The Morgan fingerprint density at radius 2 is 1.68 bits per heavy atom. The molecule has 1 saturated heterocycles. The Morgan fingerprint density at radius 1 is 0.935 bits per heavy atom. The number of piperidine rings is 1. The number of urea groups is 1. The van der Waals surface area contributed by atoms with E-state index in [-0.39, 0.29) is 18.0 Å². The van der Waals surface area contributed by atoms with E-state index in [1.165, 1.54) is 0 Å². The second kappa shape index (κ2) is 9.84. The molecule has 1 aliphatic heterocycles. The number of furan rings is 1. The zero-order valence-corrected chi connectivity index (χ0v) is 17.2. The number of anilines is 2. The number of carbonyl (C=O) groups excluding carboxylic acids is 2. The maximum Gasteiger partial charge on any atom is 0.319 e. The smallest absolute Gasteiger partial charge is 0.319 e. The third-order valence-electron chi connectivity index (χ3n) is 5.35. The van der Waals surface area contributed by atoms with Crippen molar-refractivity contribution in [2.45, 2.75) is 25.4 Å². The van der Waals surface area contributed by atoms with Crippen LogP contribution in [0.4, 0.5) is 16.2 Å². The van der Waals surface area contributed by atoms with Crippen LogP contribution < -0.4 is 20.9 Å². The van der Waals surface area contributed by atoms with Gasteiger partial charge in [0.25, 0.3) is 5.91 Å². The van der Waals surface area contributed by atoms with Crippen molar-refractivity contribution in [3.8, 4) is 0 Å². The van der Waals surface area contributed by atoms with Gasteiger partial charge in [0.15, 0.2) is 0 Å². The monoisotopic (exact) mass is 418 g/mol. The first-order valence-electron chi connectivity index (χ1n) is 10.5. The normalized spacial score (nSPS) is 14.1. The fourth-order valence-electron chi connectivity index (χ4n) is 3.76. The second-order valence-electron chi connectivity index (χ2n) is 7.50. The molecule has 4 rings (SSSR count). The van der Waals surface area contributed by atoms with Crippen LogP contribution in [0.1, 0.15) is 29.0 Å². The summed E-state index contributed by atoms with van der Waals surface area (Å²) in [6.07, 6.45) is 3.21. The van der Waals surface area contributed by atoms with E-state index in [1.54, 1.807) is 12.3 Å². The molecular weight excluding hydrogens is 392 g/mol. The Morgan fingerprint density at radius 3 is 2.42 bits per heavy atom. The van der Waals surface area contributed by atoms with Crippen molar-refractivity contribution in [3.63, 3.8) is 0 Å². The van der Waals surface area contributed by atoms with Crippen LogP contribution in [0.2, 0.25) is 0 Å². The van der Waals surface area contributed by atoms with Gasteiger partial charge in [0.05, 0.1) is 18.4 Å². The van der Waals surface area contributed by atoms with Gasteiger partial charge < -0.3 is 25.3 Å². The maximum absolute atomic E-state index is 12.7. The minimum absolute atomic E-state index is 0.0971. The van der Waals surface area contributed by atoms with Gasteiger partial charge in [-0.15, -0.1) is 0 Å². The molecule has 1 aromatic heterocycles. The van der Waals surface area contributed by atoms with Crippen LogP contribution in [0.25, 0.3) is 0 Å². The Hall–Kier alpha value is -3.74. The fraction of sp³-hybridized carbons (Fsp3) is 0.250. The third kappa shape index (κ3) is 5.45. The Balaban J connectivity index is 1.31. The molecule has 3 aromatic rings. The van der Waals surface area contributed by atoms with Gasteiger partial charge >= 0.3 is 6.03 Å². The summed E-state index contributed by atoms with van der Waals surface area (Å²) in [5.74, 6) is 0.584. The van der Waals surface area contributed by atoms with Crippen molar-refractivity contribution in [1.29, 1.82) is 0 Å². The lowest BCUT2D eigenvalue weighted by Crippen LogP contribution is -2.46. The van der Waals surface area contributed by atoms with Gasteiger partial charge in [-0.2, -0.15) is 0 Å². The molecular formula is C24H26N4O3. The number of para-hydroxylation sites is 2. The Bertz CT molecular complexity index is 997. The molecule has 3 N–H and O–H groups in total. The lowest BCUT2D eigenvalue weighted by Gasteiger charge is -2.34. The van der Waals surface area contributed by atoms with E-state index in [4.69, 9.17) is 4.42 Å². The topological polar surface area (TPSA) is 86.6 Å². The predicted molar refractivity (Wildman–Crippen MR) is 120 cm³/mol. The first-order valence-corrected chi connectivity index (χ1v) is 10.5. The van der Waals surface area contributed by atoms with Crippen LogP contribution in [-0.4, -0.2) is 31.1 Å². The van der Waals surface area contributed by atoms with E-state index < -0.39 is 0 Å². The molecule has 0 bridgehead atoms. The second-order valence-corrected chi connectivity index (χ2v) is 7.50. The van der Waals surface area contributed by atoms with E-state index in [2.05, 4.69) is 20.9 Å². The summed E-state index contributed by atoms with van der Waals surface area (Å²) in [5.41, 5.74) is 2.32. The molecule has 31 heavy (non-hydrogen) atoms. The summed E-state index contributed by atoms with van der Waals surface area (Å²) in [7, 11) is 0. The standard InChI is InChI=1S/C24H26N4O3/c29-23(25-17-20-9-6-16-31-20)21-10-4-5-11-22(21)28-14-12-19(13-15-28)27-24(30)26-18-7-2-1-3-8-18/h1-11,16,19H,12-15,17H2,(H,25,29)(H2,26,27,30). The summed E-state index contributed by atoms with van der Waals surface area (Å²) in [4.78, 5) is 27.2. The van der Waals surface area contributed by atoms with Gasteiger partial charge in [-0.25, -0.2) is 4.79 Å². The summed E-state index contributed by atoms with van der Waals surface area (Å²) < 4.78 is 5.28. The molecule has 0 spiro atoms. The van der Waals surface area contributed by atoms with Crippen molar-refractivity contribution in [1.82, 2.24) is 10.6 Å². The lowest BCUT2D eigenvalue weighted by atomic mass is 10.0. The van der Waals surface area contributed by atoms with Gasteiger partial charge in [0.2, 0.25) is 0 Å². The van der Waals surface area contributed by atoms with Gasteiger partial charge in [0, 0.05) is 30.5 Å². The van der Waals surface area contributed by atoms with Crippen LogP contribution in [0.15, 0.2) is 77.4 Å². The lowest BCUT2D eigenvalue weighted by molar-refractivity contribution is 0.0948. The number of hydrogen-bond acceptors (Lipinski definition) is 4. The van der Waals surface area contributed by atoms with Crippen LogP contribution in [-0.2, 0) is 6.54 Å². The van der Waals surface area contributed by atoms with Gasteiger partial charge in [0.1, 0.15) is 5.76 Å². The average molecular weight is 418 g/mol. The number of rotatable bonds is 6. The molecule has 2 aromatic carbocycles. The minimum Gasteiger partial charge on any atom is -0.467 e. The number of carbonyl (C=O) groups is 2. The highest BCUT2D eigenvalue weighted by atomic mass is 16.3. The molecule has 3 amide bonds. The van der Waals surface area contributed by atoms with Gasteiger partial charge in [-0.1, -0.05) is 30.3 Å². The summed E-state index contributed by atoms with van der Waals surface area (Å²) in [6, 6.07) is 20.5. The van der Waals surface area contributed by atoms with Crippen LogP contribution in [0.3, 0.4) is 0 Å². The number of benzene rings is 2. The largest absolute Gasteiger partial charge is 0.467 e. The minimum atomic E-state index is -0.192. The fourth-order valence-corrected chi connectivity index (χ4v) is 3.76. The highest BCUT2D eigenvalue weighted by Crippen LogP contribution is 2.24. The summed E-state index contributed by atoms with van der Waals surface area (Å²) in [6.45, 7) is 1.88. The molecule has 160 valence electrons. The molecule has 2 heterocycles. The Labute approximate surface area is 181 Å². The van der Waals surface area contributed by atoms with E-state index in [0.29, 0.717) is 17.9 Å². The molecule has 0 atom stereocenters. The first-order chi connectivity index (χ1) is 15.2. The number of nitrogens with zero attached hydrogens (tertiary/aromatic N) is 1. The molecule has 0 unspecified atom stereocenters. The number of hydrogen-bond donors (Lipinski definition) is 3. The molecule has 0 radical (unpaired) electrons. The SMILES string of the molecule is O=C(Nc1ccccc1)NC1CCN(c2ccccc2C(=O)NCc2ccco2)CC1. The van der Waals surface area contributed by atoms with Crippen LogP contribution in [0.5, 0.6) is 0 Å². The third-order valence-corrected chi connectivity index (χ3v) is 5.35. The summed E-state index contributed by atoms with van der Waals surface area (Å²) in [5, 5.41) is 8.82. The molecule has 7 heteroatoms. The highest BCUT2D eigenvalue weighted by molar-refractivity contribution is 5.99. The predicted octanol–water partition coefficient (Wildman–Crippen LogP) is 4.00. The zero-order chi connectivity index (χ0) is 21.5. The summed E-state index contributed by atoms with van der Waals surface area (Å²) >= 11 is 0. The molecule has 1 fully saturated rings. The van der Waals surface area contributed by atoms with Crippen molar-refractivity contribution in [2.24, 2.45) is 0 Å². The average Bonchev–Trinajstić information content (AvgIpc) is 3.32.